The third-order valence-electron chi connectivity index (χ3n) is 3.30. The zero-order chi connectivity index (χ0) is 17.2. The molecule has 0 saturated heterocycles. The molecule has 0 fully saturated rings. The topological polar surface area (TPSA) is 104 Å². The first-order valence-electron chi connectivity index (χ1n) is 7.20. The van der Waals surface area contributed by atoms with Gasteiger partial charge in [0.25, 0.3) is 0 Å². The number of carbonyl (C=O) groups is 1. The molecule has 0 atom stereocenters. The molecule has 0 aliphatic heterocycles. The van der Waals surface area contributed by atoms with Crippen molar-refractivity contribution in [3.63, 3.8) is 0 Å². The van der Waals surface area contributed by atoms with Crippen LogP contribution in [0.2, 0.25) is 0 Å². The standard InChI is InChI=1S/C16H16N4O3S/c1-24(22,23)17-10-15(21)18-12-6-4-5-11(9-12)16-19-13-7-2-3-8-14(13)20-16/h2-9,17H,10H2,1H3,(H,18,21)(H,19,20). The number of sulfonamides is 1. The van der Waals surface area contributed by atoms with E-state index in [1.165, 1.54) is 0 Å². The van der Waals surface area contributed by atoms with Crippen molar-refractivity contribution >= 4 is 32.7 Å². The zero-order valence-corrected chi connectivity index (χ0v) is 13.7. The monoisotopic (exact) mass is 344 g/mol. The average molecular weight is 344 g/mol. The number of benzene rings is 2. The first kappa shape index (κ1) is 16.2. The van der Waals surface area contributed by atoms with E-state index in [2.05, 4.69) is 20.0 Å². The largest absolute Gasteiger partial charge is 0.338 e. The first-order valence-corrected chi connectivity index (χ1v) is 9.09. The number of hydrogen-bond acceptors (Lipinski definition) is 4. The van der Waals surface area contributed by atoms with Gasteiger partial charge in [-0.05, 0) is 24.3 Å². The van der Waals surface area contributed by atoms with Gasteiger partial charge in [0.2, 0.25) is 15.9 Å². The SMILES string of the molecule is CS(=O)(=O)NCC(=O)Nc1cccc(-c2nc3ccccc3[nH]2)c1. The van der Waals surface area contributed by atoms with Gasteiger partial charge in [0, 0.05) is 11.3 Å². The van der Waals surface area contributed by atoms with Crippen molar-refractivity contribution in [1.82, 2.24) is 14.7 Å². The van der Waals surface area contributed by atoms with Gasteiger partial charge in [-0.3, -0.25) is 4.79 Å². The fraction of sp³-hybridized carbons (Fsp3) is 0.125. The van der Waals surface area contributed by atoms with Gasteiger partial charge in [0.05, 0.1) is 23.8 Å². The molecule has 1 aromatic heterocycles. The molecule has 1 heterocycles. The van der Waals surface area contributed by atoms with Crippen LogP contribution < -0.4 is 10.0 Å². The molecule has 0 aliphatic rings. The number of rotatable bonds is 5. The van der Waals surface area contributed by atoms with Crippen LogP contribution in [0.15, 0.2) is 48.5 Å². The number of aromatic amines is 1. The molecular weight excluding hydrogens is 328 g/mol. The van der Waals surface area contributed by atoms with Crippen molar-refractivity contribution in [2.24, 2.45) is 0 Å². The fourth-order valence-corrected chi connectivity index (χ4v) is 2.63. The van der Waals surface area contributed by atoms with Crippen molar-refractivity contribution in [3.8, 4) is 11.4 Å². The molecule has 0 aliphatic carbocycles. The number of anilines is 1. The highest BCUT2D eigenvalue weighted by molar-refractivity contribution is 7.88. The predicted octanol–water partition coefficient (Wildman–Crippen LogP) is 1.72. The summed E-state index contributed by atoms with van der Waals surface area (Å²) in [5, 5.41) is 2.65. The van der Waals surface area contributed by atoms with Gasteiger partial charge in [-0.1, -0.05) is 24.3 Å². The van der Waals surface area contributed by atoms with Gasteiger partial charge in [-0.15, -0.1) is 0 Å². The molecule has 8 heteroatoms. The molecule has 3 N–H and O–H groups in total. The number of nitrogens with one attached hydrogen (secondary N) is 3. The number of H-pyrrole nitrogens is 1. The minimum Gasteiger partial charge on any atom is -0.338 e. The Kier molecular flexibility index (Phi) is 4.32. The molecule has 0 spiro atoms. The molecule has 0 radical (unpaired) electrons. The van der Waals surface area contributed by atoms with Gasteiger partial charge in [0.1, 0.15) is 5.82 Å². The molecule has 0 unspecified atom stereocenters. The summed E-state index contributed by atoms with van der Waals surface area (Å²) in [7, 11) is -3.40. The Hall–Kier alpha value is -2.71. The van der Waals surface area contributed by atoms with E-state index >= 15 is 0 Å². The van der Waals surface area contributed by atoms with Crippen LogP contribution in [0.25, 0.3) is 22.4 Å². The second-order valence-electron chi connectivity index (χ2n) is 5.32. The second-order valence-corrected chi connectivity index (χ2v) is 7.16. The molecule has 3 aromatic rings. The predicted molar refractivity (Wildman–Crippen MR) is 93.0 cm³/mol. The van der Waals surface area contributed by atoms with Gasteiger partial charge in [0.15, 0.2) is 0 Å². The summed E-state index contributed by atoms with van der Waals surface area (Å²) in [5.41, 5.74) is 3.17. The number of amides is 1. The van der Waals surface area contributed by atoms with E-state index in [4.69, 9.17) is 0 Å². The van der Waals surface area contributed by atoms with E-state index < -0.39 is 15.9 Å². The Morgan fingerprint density at radius 2 is 1.96 bits per heavy atom. The molecule has 24 heavy (non-hydrogen) atoms. The van der Waals surface area contributed by atoms with Crippen molar-refractivity contribution in [2.75, 3.05) is 18.1 Å². The molecule has 124 valence electrons. The van der Waals surface area contributed by atoms with Crippen LogP contribution in [0.5, 0.6) is 0 Å². The zero-order valence-electron chi connectivity index (χ0n) is 12.9. The summed E-state index contributed by atoms with van der Waals surface area (Å²) in [6.45, 7) is -0.312. The Labute approximate surface area is 139 Å². The van der Waals surface area contributed by atoms with Crippen molar-refractivity contribution in [3.05, 3.63) is 48.5 Å². The van der Waals surface area contributed by atoms with E-state index in [1.54, 1.807) is 18.2 Å². The number of aromatic nitrogens is 2. The van der Waals surface area contributed by atoms with E-state index in [0.29, 0.717) is 11.5 Å². The lowest BCUT2D eigenvalue weighted by atomic mass is 10.2. The minimum absolute atomic E-state index is 0.312. The maximum Gasteiger partial charge on any atom is 0.239 e. The lowest BCUT2D eigenvalue weighted by Gasteiger charge is -2.07. The van der Waals surface area contributed by atoms with Crippen molar-refractivity contribution in [2.45, 2.75) is 0 Å². The minimum atomic E-state index is -3.40. The van der Waals surface area contributed by atoms with Crippen LogP contribution in [-0.4, -0.2) is 37.1 Å². The van der Waals surface area contributed by atoms with E-state index in [0.717, 1.165) is 22.9 Å². The number of nitrogens with zero attached hydrogens (tertiary/aromatic N) is 1. The maximum atomic E-state index is 11.8. The Morgan fingerprint density at radius 3 is 2.71 bits per heavy atom. The number of hydrogen-bond donors (Lipinski definition) is 3. The van der Waals surface area contributed by atoms with Crippen LogP contribution in [0, 0.1) is 0 Å². The lowest BCUT2D eigenvalue weighted by molar-refractivity contribution is -0.115. The fourth-order valence-electron chi connectivity index (χ4n) is 2.24. The molecule has 0 saturated carbocycles. The number of fused-ring (bicyclic) bond motifs is 1. The van der Waals surface area contributed by atoms with Crippen molar-refractivity contribution in [1.29, 1.82) is 0 Å². The Bertz CT molecular complexity index is 962. The summed E-state index contributed by atoms with van der Waals surface area (Å²) in [5.74, 6) is 0.253. The van der Waals surface area contributed by atoms with E-state index in [-0.39, 0.29) is 6.54 Å². The molecule has 3 rings (SSSR count). The highest BCUT2D eigenvalue weighted by atomic mass is 32.2. The van der Waals surface area contributed by atoms with Crippen LogP contribution in [-0.2, 0) is 14.8 Å². The number of carbonyl (C=O) groups excluding carboxylic acids is 1. The van der Waals surface area contributed by atoms with Crippen LogP contribution in [0.1, 0.15) is 0 Å². The smallest absolute Gasteiger partial charge is 0.239 e. The second kappa shape index (κ2) is 6.42. The van der Waals surface area contributed by atoms with E-state index in [1.807, 2.05) is 30.3 Å². The van der Waals surface area contributed by atoms with Crippen LogP contribution in [0.3, 0.4) is 0 Å². The third kappa shape index (κ3) is 3.98. The van der Waals surface area contributed by atoms with Gasteiger partial charge in [-0.2, -0.15) is 0 Å². The summed E-state index contributed by atoms with van der Waals surface area (Å²) in [6.07, 6.45) is 1.00. The van der Waals surface area contributed by atoms with E-state index in [9.17, 15) is 13.2 Å². The summed E-state index contributed by atoms with van der Waals surface area (Å²) < 4.78 is 24.2. The average Bonchev–Trinajstić information content (AvgIpc) is 2.97. The quantitative estimate of drug-likeness (QED) is 0.655. The first-order chi connectivity index (χ1) is 11.4. The maximum absolute atomic E-state index is 11.8. The van der Waals surface area contributed by atoms with Crippen LogP contribution >= 0.6 is 0 Å². The molecule has 0 bridgehead atoms. The molecule has 2 aromatic carbocycles. The third-order valence-corrected chi connectivity index (χ3v) is 3.97. The highest BCUT2D eigenvalue weighted by Crippen LogP contribution is 2.22. The normalized spacial score (nSPS) is 11.5. The van der Waals surface area contributed by atoms with Gasteiger partial charge < -0.3 is 10.3 Å². The Balaban J connectivity index is 1.77. The number of para-hydroxylation sites is 2. The molecule has 7 nitrogen and oxygen atoms in total. The van der Waals surface area contributed by atoms with Crippen LogP contribution in [0.4, 0.5) is 5.69 Å². The molecule has 1 amide bonds. The van der Waals surface area contributed by atoms with Crippen molar-refractivity contribution < 1.29 is 13.2 Å². The molecular formula is C16H16N4O3S. The summed E-state index contributed by atoms with van der Waals surface area (Å²) in [4.78, 5) is 19.5. The summed E-state index contributed by atoms with van der Waals surface area (Å²) in [6, 6.07) is 14.9. The highest BCUT2D eigenvalue weighted by Gasteiger charge is 2.09. The lowest BCUT2D eigenvalue weighted by Crippen LogP contribution is -2.32. The summed E-state index contributed by atoms with van der Waals surface area (Å²) >= 11 is 0. The van der Waals surface area contributed by atoms with Gasteiger partial charge >= 0.3 is 0 Å². The van der Waals surface area contributed by atoms with Gasteiger partial charge in [-0.25, -0.2) is 18.1 Å². The number of imidazole rings is 1. The Morgan fingerprint density at radius 1 is 1.17 bits per heavy atom.